The number of aromatic hydroxyl groups is 1. The van der Waals surface area contributed by atoms with Gasteiger partial charge in [-0.15, -0.1) is 0 Å². The highest BCUT2D eigenvalue weighted by Crippen LogP contribution is 2.22. The Hall–Kier alpha value is -2.89. The number of carbonyl (C=O) groups is 1. The number of aromatic nitrogens is 1. The van der Waals surface area contributed by atoms with Crippen LogP contribution < -0.4 is 10.9 Å². The topological polar surface area (TPSA) is 74.2 Å². The SMILES string of the molecule is C=C(NNC(=O)c1cccnc1)c1cc(F)ccc1O. The van der Waals surface area contributed by atoms with Gasteiger partial charge in [0.25, 0.3) is 5.91 Å². The van der Waals surface area contributed by atoms with Gasteiger partial charge in [0, 0.05) is 18.0 Å². The molecule has 0 aliphatic rings. The Bertz CT molecular complexity index is 644. The smallest absolute Gasteiger partial charge is 0.271 e. The summed E-state index contributed by atoms with van der Waals surface area (Å²) in [6.07, 6.45) is 2.95. The number of phenolic OH excluding ortho intramolecular Hbond substituents is 1. The molecule has 0 aliphatic heterocycles. The highest BCUT2D eigenvalue weighted by atomic mass is 19.1. The van der Waals surface area contributed by atoms with Crippen LogP contribution in [0.4, 0.5) is 4.39 Å². The van der Waals surface area contributed by atoms with Crippen molar-refractivity contribution in [1.29, 1.82) is 0 Å². The molecule has 1 amide bonds. The molecule has 3 N–H and O–H groups in total. The predicted octanol–water partition coefficient (Wildman–Crippen LogP) is 1.83. The number of benzene rings is 1. The van der Waals surface area contributed by atoms with Crippen molar-refractivity contribution in [2.75, 3.05) is 0 Å². The fourth-order valence-corrected chi connectivity index (χ4v) is 1.52. The molecule has 5 nitrogen and oxygen atoms in total. The van der Waals surface area contributed by atoms with Crippen molar-refractivity contribution in [3.05, 3.63) is 66.2 Å². The van der Waals surface area contributed by atoms with Gasteiger partial charge in [-0.3, -0.25) is 20.6 Å². The zero-order valence-corrected chi connectivity index (χ0v) is 10.4. The van der Waals surface area contributed by atoms with Crippen LogP contribution in [0.1, 0.15) is 15.9 Å². The van der Waals surface area contributed by atoms with E-state index >= 15 is 0 Å². The first kappa shape index (κ1) is 13.5. The van der Waals surface area contributed by atoms with E-state index in [0.717, 1.165) is 12.1 Å². The number of nitrogens with one attached hydrogen (secondary N) is 2. The van der Waals surface area contributed by atoms with Gasteiger partial charge < -0.3 is 5.11 Å². The molecule has 6 heteroatoms. The first-order valence-electron chi connectivity index (χ1n) is 5.72. The van der Waals surface area contributed by atoms with Gasteiger partial charge in [0.15, 0.2) is 0 Å². The molecule has 0 bridgehead atoms. The van der Waals surface area contributed by atoms with Gasteiger partial charge in [0.05, 0.1) is 11.3 Å². The lowest BCUT2D eigenvalue weighted by Crippen LogP contribution is -2.35. The lowest BCUT2D eigenvalue weighted by atomic mass is 10.1. The van der Waals surface area contributed by atoms with E-state index in [-0.39, 0.29) is 17.0 Å². The molecule has 2 rings (SSSR count). The van der Waals surface area contributed by atoms with E-state index in [9.17, 15) is 14.3 Å². The molecule has 1 aromatic carbocycles. The van der Waals surface area contributed by atoms with E-state index in [4.69, 9.17) is 0 Å². The van der Waals surface area contributed by atoms with Crippen molar-refractivity contribution >= 4 is 11.6 Å². The maximum absolute atomic E-state index is 13.1. The molecule has 0 fully saturated rings. The number of hydrazine groups is 1. The number of halogens is 1. The van der Waals surface area contributed by atoms with Crippen LogP contribution in [0.15, 0.2) is 49.3 Å². The fraction of sp³-hybridized carbons (Fsp3) is 0. The van der Waals surface area contributed by atoms with Crippen LogP contribution in [0.25, 0.3) is 5.70 Å². The molecule has 0 atom stereocenters. The lowest BCUT2D eigenvalue weighted by molar-refractivity contribution is 0.0942. The van der Waals surface area contributed by atoms with Crippen LogP contribution in [0.5, 0.6) is 5.75 Å². The van der Waals surface area contributed by atoms with Gasteiger partial charge in [-0.05, 0) is 30.3 Å². The standard InChI is InChI=1S/C14H12FN3O2/c1-9(12-7-11(15)4-5-13(12)19)17-18-14(20)10-3-2-6-16-8-10/h2-8,17,19H,1H2,(H,18,20). The molecule has 0 aliphatic carbocycles. The largest absolute Gasteiger partial charge is 0.507 e. The number of hydrogen-bond acceptors (Lipinski definition) is 4. The number of hydrogen-bond donors (Lipinski definition) is 3. The minimum atomic E-state index is -0.515. The minimum absolute atomic E-state index is 0.139. The summed E-state index contributed by atoms with van der Waals surface area (Å²) >= 11 is 0. The molecule has 20 heavy (non-hydrogen) atoms. The summed E-state index contributed by atoms with van der Waals surface area (Å²) in [4.78, 5) is 15.6. The van der Waals surface area contributed by atoms with Crippen molar-refractivity contribution in [2.24, 2.45) is 0 Å². The average Bonchev–Trinajstić information content (AvgIpc) is 2.47. The first-order chi connectivity index (χ1) is 9.58. The third-order valence-electron chi connectivity index (χ3n) is 2.53. The third kappa shape index (κ3) is 3.11. The molecule has 0 saturated carbocycles. The molecule has 0 radical (unpaired) electrons. The minimum Gasteiger partial charge on any atom is -0.507 e. The van der Waals surface area contributed by atoms with Crippen LogP contribution in [0.3, 0.4) is 0 Å². The van der Waals surface area contributed by atoms with Gasteiger partial charge in [-0.2, -0.15) is 0 Å². The van der Waals surface area contributed by atoms with Crippen molar-refractivity contribution in [1.82, 2.24) is 15.8 Å². The summed E-state index contributed by atoms with van der Waals surface area (Å²) in [7, 11) is 0. The molecular weight excluding hydrogens is 261 g/mol. The second-order valence-corrected chi connectivity index (χ2v) is 3.96. The van der Waals surface area contributed by atoms with Crippen LogP contribution in [-0.2, 0) is 0 Å². The molecule has 102 valence electrons. The summed E-state index contributed by atoms with van der Waals surface area (Å²) in [5.41, 5.74) is 5.59. The molecule has 1 heterocycles. The van der Waals surface area contributed by atoms with E-state index in [0.29, 0.717) is 5.56 Å². The third-order valence-corrected chi connectivity index (χ3v) is 2.53. The lowest BCUT2D eigenvalue weighted by Gasteiger charge is -2.12. The fourth-order valence-electron chi connectivity index (χ4n) is 1.52. The summed E-state index contributed by atoms with van der Waals surface area (Å²) in [6.45, 7) is 3.62. The number of amides is 1. The van der Waals surface area contributed by atoms with Crippen molar-refractivity contribution in [3.63, 3.8) is 0 Å². The van der Waals surface area contributed by atoms with Crippen LogP contribution in [0, 0.1) is 5.82 Å². The van der Waals surface area contributed by atoms with E-state index < -0.39 is 11.7 Å². The van der Waals surface area contributed by atoms with Crippen LogP contribution in [-0.4, -0.2) is 16.0 Å². The monoisotopic (exact) mass is 273 g/mol. The van der Waals surface area contributed by atoms with Gasteiger partial charge in [0.1, 0.15) is 11.6 Å². The van der Waals surface area contributed by atoms with E-state index in [1.165, 1.54) is 12.3 Å². The van der Waals surface area contributed by atoms with Gasteiger partial charge in [-0.25, -0.2) is 4.39 Å². The maximum Gasteiger partial charge on any atom is 0.271 e. The summed E-state index contributed by atoms with van der Waals surface area (Å²) < 4.78 is 13.1. The van der Waals surface area contributed by atoms with Gasteiger partial charge in [-0.1, -0.05) is 6.58 Å². The number of rotatable bonds is 4. The van der Waals surface area contributed by atoms with E-state index in [1.807, 2.05) is 0 Å². The summed E-state index contributed by atoms with van der Waals surface area (Å²) in [6, 6.07) is 6.66. The molecule has 2 aromatic rings. The predicted molar refractivity (Wildman–Crippen MR) is 71.9 cm³/mol. The van der Waals surface area contributed by atoms with E-state index in [2.05, 4.69) is 22.4 Å². The second-order valence-electron chi connectivity index (χ2n) is 3.96. The highest BCUT2D eigenvalue weighted by molar-refractivity contribution is 5.94. The molecular formula is C14H12FN3O2. The summed E-state index contributed by atoms with van der Waals surface area (Å²) in [5.74, 6) is -1.07. The number of nitrogens with zero attached hydrogens (tertiary/aromatic N) is 1. The Labute approximate surface area is 114 Å². The highest BCUT2D eigenvalue weighted by Gasteiger charge is 2.09. The maximum atomic E-state index is 13.1. The number of phenols is 1. The Balaban J connectivity index is 2.02. The van der Waals surface area contributed by atoms with Crippen molar-refractivity contribution in [3.8, 4) is 5.75 Å². The van der Waals surface area contributed by atoms with Crippen molar-refractivity contribution < 1.29 is 14.3 Å². The van der Waals surface area contributed by atoms with Gasteiger partial charge in [0.2, 0.25) is 0 Å². The zero-order valence-electron chi connectivity index (χ0n) is 10.4. The van der Waals surface area contributed by atoms with Gasteiger partial charge >= 0.3 is 0 Å². The van der Waals surface area contributed by atoms with E-state index in [1.54, 1.807) is 18.3 Å². The van der Waals surface area contributed by atoms with Crippen LogP contribution >= 0.6 is 0 Å². The van der Waals surface area contributed by atoms with Crippen molar-refractivity contribution in [2.45, 2.75) is 0 Å². The second kappa shape index (κ2) is 5.83. The number of carbonyl (C=O) groups excluding carboxylic acids is 1. The Morgan fingerprint density at radius 1 is 1.30 bits per heavy atom. The zero-order chi connectivity index (χ0) is 14.5. The average molecular weight is 273 g/mol. The molecule has 0 spiro atoms. The molecule has 0 saturated heterocycles. The quantitative estimate of drug-likeness (QED) is 0.743. The first-order valence-corrected chi connectivity index (χ1v) is 5.72. The Kier molecular flexibility index (Phi) is 3.95. The Morgan fingerprint density at radius 2 is 2.10 bits per heavy atom. The normalized spacial score (nSPS) is 9.85. The molecule has 1 aromatic heterocycles. The molecule has 0 unspecified atom stereocenters. The Morgan fingerprint density at radius 3 is 2.80 bits per heavy atom. The van der Waals surface area contributed by atoms with Crippen LogP contribution in [0.2, 0.25) is 0 Å². The number of pyridine rings is 1. The summed E-state index contributed by atoms with van der Waals surface area (Å²) in [5, 5.41) is 9.60.